The van der Waals surface area contributed by atoms with Gasteiger partial charge in [0.2, 0.25) is 0 Å². The van der Waals surface area contributed by atoms with Crippen LogP contribution in [0.25, 0.3) is 20.9 Å². The van der Waals surface area contributed by atoms with E-state index in [-0.39, 0.29) is 12.4 Å². The van der Waals surface area contributed by atoms with Gasteiger partial charge >= 0.3 is 0 Å². The molecule has 0 aliphatic heterocycles. The van der Waals surface area contributed by atoms with Gasteiger partial charge in [-0.3, -0.25) is 0 Å². The lowest BCUT2D eigenvalue weighted by Crippen LogP contribution is -2.38. The molecule has 0 aliphatic carbocycles. The molecule has 3 rings (SSSR count). The van der Waals surface area contributed by atoms with E-state index in [4.69, 9.17) is 15.0 Å². The van der Waals surface area contributed by atoms with Crippen LogP contribution in [-0.2, 0) is 10.3 Å². The largest absolute Gasteiger partial charge is 0.382 e. The van der Waals surface area contributed by atoms with Crippen molar-refractivity contribution in [3.63, 3.8) is 0 Å². The Bertz CT molecular complexity index is 781. The molecule has 0 spiro atoms. The van der Waals surface area contributed by atoms with Crippen molar-refractivity contribution in [2.75, 3.05) is 13.7 Å². The number of ether oxygens (including phenoxy) is 1. The van der Waals surface area contributed by atoms with E-state index >= 15 is 0 Å². The molecule has 110 valence electrons. The molecule has 0 aliphatic rings. The maximum Gasteiger partial charge on any atom is 0.268 e. The molecule has 0 fully saturated rings. The number of hydrogen-bond acceptors (Lipinski definition) is 6. The van der Waals surface area contributed by atoms with Gasteiger partial charge in [-0.25, -0.2) is 4.39 Å². The minimum atomic E-state index is -0.820. The molecule has 1 unspecified atom stereocenters. The first-order valence-electron chi connectivity index (χ1n) is 6.31. The van der Waals surface area contributed by atoms with E-state index in [0.717, 1.165) is 15.0 Å². The van der Waals surface area contributed by atoms with Crippen LogP contribution in [0.1, 0.15) is 12.7 Å². The van der Waals surface area contributed by atoms with E-state index in [0.29, 0.717) is 11.7 Å². The minimum absolute atomic E-state index is 0.267. The molecule has 0 saturated carbocycles. The van der Waals surface area contributed by atoms with Crippen molar-refractivity contribution in [1.82, 2.24) is 10.1 Å². The van der Waals surface area contributed by atoms with Gasteiger partial charge in [0.15, 0.2) is 5.82 Å². The molecule has 0 amide bonds. The maximum atomic E-state index is 13.2. The van der Waals surface area contributed by atoms with E-state index in [1.165, 1.54) is 23.5 Å². The van der Waals surface area contributed by atoms with Crippen LogP contribution < -0.4 is 5.73 Å². The van der Waals surface area contributed by atoms with Crippen LogP contribution in [0.3, 0.4) is 0 Å². The van der Waals surface area contributed by atoms with Gasteiger partial charge in [0.25, 0.3) is 5.89 Å². The van der Waals surface area contributed by atoms with E-state index in [1.807, 2.05) is 6.07 Å². The highest BCUT2D eigenvalue weighted by atomic mass is 32.1. The molecule has 2 N–H and O–H groups in total. The molecule has 2 heterocycles. The van der Waals surface area contributed by atoms with Crippen LogP contribution in [0, 0.1) is 5.82 Å². The number of fused-ring (bicyclic) bond motifs is 1. The highest BCUT2D eigenvalue weighted by Gasteiger charge is 2.28. The fourth-order valence-electron chi connectivity index (χ4n) is 2.03. The summed E-state index contributed by atoms with van der Waals surface area (Å²) < 4.78 is 24.4. The Hall–Kier alpha value is -1.83. The Kier molecular flexibility index (Phi) is 3.48. The van der Waals surface area contributed by atoms with Gasteiger partial charge in [-0.2, -0.15) is 4.98 Å². The van der Waals surface area contributed by atoms with Crippen LogP contribution in [0.4, 0.5) is 4.39 Å². The topological polar surface area (TPSA) is 74.2 Å². The lowest BCUT2D eigenvalue weighted by Gasteiger charge is -2.18. The number of nitrogens with two attached hydrogens (primary N) is 1. The van der Waals surface area contributed by atoms with E-state index in [1.54, 1.807) is 20.1 Å². The SMILES string of the molecule is COCC(C)(N)c1noc(-c2cc3ccc(F)cc3s2)n1. The average Bonchev–Trinajstić information content (AvgIpc) is 3.04. The van der Waals surface area contributed by atoms with Crippen molar-refractivity contribution in [2.45, 2.75) is 12.5 Å². The Morgan fingerprint density at radius 1 is 1.43 bits per heavy atom. The molecule has 5 nitrogen and oxygen atoms in total. The van der Waals surface area contributed by atoms with Gasteiger partial charge in [0, 0.05) is 11.8 Å². The first kappa shape index (κ1) is 14.1. The summed E-state index contributed by atoms with van der Waals surface area (Å²) in [6.45, 7) is 2.05. The minimum Gasteiger partial charge on any atom is -0.382 e. The molecule has 7 heteroatoms. The van der Waals surface area contributed by atoms with Gasteiger partial charge in [-0.05, 0) is 30.5 Å². The van der Waals surface area contributed by atoms with Gasteiger partial charge in [-0.1, -0.05) is 11.2 Å². The molecule has 1 atom stereocenters. The lowest BCUT2D eigenvalue weighted by molar-refractivity contribution is 0.135. The van der Waals surface area contributed by atoms with Gasteiger partial charge in [0.05, 0.1) is 11.5 Å². The standard InChI is InChI=1S/C14H14FN3O2S/c1-14(16,7-19-2)13-17-12(20-18-13)11-5-8-3-4-9(15)6-10(8)21-11/h3-6H,7,16H2,1-2H3. The Labute approximate surface area is 124 Å². The molecule has 3 aromatic rings. The Balaban J connectivity index is 1.98. The Morgan fingerprint density at radius 2 is 2.24 bits per heavy atom. The van der Waals surface area contributed by atoms with Crippen molar-refractivity contribution in [3.8, 4) is 10.8 Å². The average molecular weight is 307 g/mol. The highest BCUT2D eigenvalue weighted by Crippen LogP contribution is 2.33. The highest BCUT2D eigenvalue weighted by molar-refractivity contribution is 7.22. The molecule has 21 heavy (non-hydrogen) atoms. The molecular formula is C14H14FN3O2S. The summed E-state index contributed by atoms with van der Waals surface area (Å²) >= 11 is 1.39. The quantitative estimate of drug-likeness (QED) is 0.802. The first-order valence-corrected chi connectivity index (χ1v) is 7.13. The zero-order valence-corrected chi connectivity index (χ0v) is 12.4. The number of hydrogen-bond donors (Lipinski definition) is 1. The van der Waals surface area contributed by atoms with Crippen molar-refractivity contribution >= 4 is 21.4 Å². The molecule has 2 aromatic heterocycles. The third kappa shape index (κ3) is 2.67. The third-order valence-corrected chi connectivity index (χ3v) is 4.16. The summed E-state index contributed by atoms with van der Waals surface area (Å²) in [6.07, 6.45) is 0. The van der Waals surface area contributed by atoms with Crippen molar-refractivity contribution < 1.29 is 13.7 Å². The number of benzene rings is 1. The summed E-state index contributed by atoms with van der Waals surface area (Å²) in [4.78, 5) is 5.10. The third-order valence-electron chi connectivity index (χ3n) is 3.07. The molecule has 0 saturated heterocycles. The smallest absolute Gasteiger partial charge is 0.268 e. The fourth-order valence-corrected chi connectivity index (χ4v) is 3.04. The van der Waals surface area contributed by atoms with Gasteiger partial charge < -0.3 is 15.0 Å². The monoisotopic (exact) mass is 307 g/mol. The number of aromatic nitrogens is 2. The van der Waals surface area contributed by atoms with Crippen molar-refractivity contribution in [2.24, 2.45) is 5.73 Å². The Morgan fingerprint density at radius 3 is 3.00 bits per heavy atom. The number of thiophene rings is 1. The zero-order chi connectivity index (χ0) is 15.0. The van der Waals surface area contributed by atoms with Gasteiger partial charge in [-0.15, -0.1) is 11.3 Å². The summed E-state index contributed by atoms with van der Waals surface area (Å²) in [5.41, 5.74) is 5.26. The number of rotatable bonds is 4. The fraction of sp³-hybridized carbons (Fsp3) is 0.286. The van der Waals surface area contributed by atoms with Crippen molar-refractivity contribution in [3.05, 3.63) is 35.9 Å². The predicted molar refractivity (Wildman–Crippen MR) is 78.5 cm³/mol. The summed E-state index contributed by atoms with van der Waals surface area (Å²) in [6, 6.07) is 6.52. The van der Waals surface area contributed by atoms with Crippen molar-refractivity contribution in [1.29, 1.82) is 0 Å². The van der Waals surface area contributed by atoms with Crippen LogP contribution >= 0.6 is 11.3 Å². The second-order valence-corrected chi connectivity index (χ2v) is 6.15. The van der Waals surface area contributed by atoms with Gasteiger partial charge in [0.1, 0.15) is 11.4 Å². The zero-order valence-electron chi connectivity index (χ0n) is 11.6. The summed E-state index contributed by atoms with van der Waals surface area (Å²) in [5.74, 6) is 0.485. The molecular weight excluding hydrogens is 293 g/mol. The second kappa shape index (κ2) is 5.18. The van der Waals surface area contributed by atoms with E-state index < -0.39 is 5.54 Å². The molecule has 0 radical (unpaired) electrons. The molecule has 1 aromatic carbocycles. The number of nitrogens with zero attached hydrogens (tertiary/aromatic N) is 2. The number of halogens is 1. The van der Waals surface area contributed by atoms with E-state index in [9.17, 15) is 4.39 Å². The van der Waals surface area contributed by atoms with Crippen LogP contribution in [0.15, 0.2) is 28.8 Å². The first-order chi connectivity index (χ1) is 9.99. The number of methoxy groups -OCH3 is 1. The summed E-state index contributed by atoms with van der Waals surface area (Å²) in [7, 11) is 1.56. The predicted octanol–water partition coefficient (Wildman–Crippen LogP) is 2.91. The molecule has 0 bridgehead atoms. The lowest BCUT2D eigenvalue weighted by atomic mass is 10.1. The maximum absolute atomic E-state index is 13.2. The second-order valence-electron chi connectivity index (χ2n) is 5.07. The summed E-state index contributed by atoms with van der Waals surface area (Å²) in [5, 5.41) is 4.85. The normalized spacial score (nSPS) is 14.5. The van der Waals surface area contributed by atoms with Crippen LogP contribution in [0.5, 0.6) is 0 Å². The van der Waals surface area contributed by atoms with Crippen LogP contribution in [-0.4, -0.2) is 23.9 Å². The van der Waals surface area contributed by atoms with Crippen LogP contribution in [0.2, 0.25) is 0 Å². The van der Waals surface area contributed by atoms with E-state index in [2.05, 4.69) is 10.1 Å².